The van der Waals surface area contributed by atoms with E-state index in [9.17, 15) is 0 Å². The van der Waals surface area contributed by atoms with E-state index in [-0.39, 0.29) is 0 Å². The third-order valence-electron chi connectivity index (χ3n) is 2.45. The largest absolute Gasteiger partial charge is 0.311 e. The lowest BCUT2D eigenvalue weighted by molar-refractivity contribution is 0.273. The summed E-state index contributed by atoms with van der Waals surface area (Å²) >= 11 is 5.26. The summed E-state index contributed by atoms with van der Waals surface area (Å²) in [6.07, 6.45) is 0. The quantitative estimate of drug-likeness (QED) is 0.811. The van der Waals surface area contributed by atoms with Crippen LogP contribution in [0.15, 0.2) is 15.9 Å². The Hall–Kier alpha value is 0.1000. The average Bonchev–Trinajstić information content (AvgIpc) is 2.58. The molecule has 0 saturated carbocycles. The molecule has 0 atom stereocenters. The van der Waals surface area contributed by atoms with Gasteiger partial charge in [-0.25, -0.2) is 0 Å². The summed E-state index contributed by atoms with van der Waals surface area (Å²) in [5, 5.41) is 3.45. The fraction of sp³-hybridized carbons (Fsp3) is 0.636. The third-order valence-corrected chi connectivity index (χ3v) is 4.07. The molecule has 15 heavy (non-hydrogen) atoms. The lowest BCUT2D eigenvalue weighted by atomic mass is 10.3. The van der Waals surface area contributed by atoms with E-state index in [2.05, 4.69) is 59.2 Å². The molecule has 0 unspecified atom stereocenters. The first-order valence-electron chi connectivity index (χ1n) is 5.24. The molecule has 0 spiro atoms. The van der Waals surface area contributed by atoms with Crippen molar-refractivity contribution in [2.24, 2.45) is 0 Å². The van der Waals surface area contributed by atoms with E-state index in [0.717, 1.165) is 19.6 Å². The van der Waals surface area contributed by atoms with Crippen LogP contribution in [0, 0.1) is 0 Å². The summed E-state index contributed by atoms with van der Waals surface area (Å²) in [5.74, 6) is 0. The molecule has 4 heteroatoms. The molecule has 0 radical (unpaired) electrons. The number of halogens is 1. The second kappa shape index (κ2) is 6.63. The normalized spacial score (nSPS) is 11.6. The van der Waals surface area contributed by atoms with Crippen molar-refractivity contribution in [1.82, 2.24) is 10.2 Å². The van der Waals surface area contributed by atoms with E-state index < -0.39 is 0 Å². The Morgan fingerprint density at radius 3 is 2.73 bits per heavy atom. The zero-order chi connectivity index (χ0) is 11.3. The first kappa shape index (κ1) is 13.2. The van der Waals surface area contributed by atoms with Gasteiger partial charge in [0, 0.05) is 30.6 Å². The molecule has 0 aromatic carbocycles. The molecular weight excluding hydrogens is 272 g/mol. The van der Waals surface area contributed by atoms with Gasteiger partial charge in [-0.3, -0.25) is 0 Å². The van der Waals surface area contributed by atoms with E-state index in [4.69, 9.17) is 0 Å². The first-order chi connectivity index (χ1) is 7.09. The standard InChI is InChI=1S/C11H19BrN2S/c1-9(2)14(3)7-6-13-8-10-4-5-11(12)15-10/h4-5,9,13H,6-8H2,1-3H3. The van der Waals surface area contributed by atoms with E-state index in [1.165, 1.54) is 8.66 Å². The van der Waals surface area contributed by atoms with Crippen LogP contribution in [0.1, 0.15) is 18.7 Å². The zero-order valence-electron chi connectivity index (χ0n) is 9.59. The molecule has 0 saturated heterocycles. The fourth-order valence-electron chi connectivity index (χ4n) is 1.17. The highest BCUT2D eigenvalue weighted by atomic mass is 79.9. The highest BCUT2D eigenvalue weighted by molar-refractivity contribution is 9.11. The molecule has 0 amide bonds. The minimum atomic E-state index is 0.627. The van der Waals surface area contributed by atoms with E-state index in [0.29, 0.717) is 6.04 Å². The molecule has 1 heterocycles. The summed E-state index contributed by atoms with van der Waals surface area (Å²) in [5.41, 5.74) is 0. The summed E-state index contributed by atoms with van der Waals surface area (Å²) < 4.78 is 1.21. The Kier molecular flexibility index (Phi) is 5.82. The molecule has 1 N–H and O–H groups in total. The topological polar surface area (TPSA) is 15.3 Å². The number of thiophene rings is 1. The lowest BCUT2D eigenvalue weighted by Gasteiger charge is -2.20. The Bertz CT molecular complexity index is 286. The van der Waals surface area contributed by atoms with Crippen LogP contribution in [0.25, 0.3) is 0 Å². The van der Waals surface area contributed by atoms with Crippen LogP contribution in [-0.2, 0) is 6.54 Å². The Morgan fingerprint density at radius 2 is 2.20 bits per heavy atom. The van der Waals surface area contributed by atoms with Crippen LogP contribution < -0.4 is 5.32 Å². The summed E-state index contributed by atoms with van der Waals surface area (Å²) in [4.78, 5) is 3.73. The molecule has 0 aliphatic rings. The van der Waals surface area contributed by atoms with Gasteiger partial charge in [-0.2, -0.15) is 0 Å². The first-order valence-corrected chi connectivity index (χ1v) is 6.85. The van der Waals surface area contributed by atoms with Gasteiger partial charge in [0.05, 0.1) is 3.79 Å². The Morgan fingerprint density at radius 1 is 1.47 bits per heavy atom. The molecular formula is C11H19BrN2S. The van der Waals surface area contributed by atoms with Crippen molar-refractivity contribution in [1.29, 1.82) is 0 Å². The van der Waals surface area contributed by atoms with E-state index in [1.54, 1.807) is 11.3 Å². The van der Waals surface area contributed by atoms with Gasteiger partial charge in [-0.15, -0.1) is 11.3 Å². The Labute approximate surface area is 105 Å². The highest BCUT2D eigenvalue weighted by Crippen LogP contribution is 2.21. The maximum atomic E-state index is 3.47. The molecule has 0 aliphatic heterocycles. The smallest absolute Gasteiger partial charge is 0.0701 e. The van der Waals surface area contributed by atoms with Crippen LogP contribution in [0.3, 0.4) is 0 Å². The van der Waals surface area contributed by atoms with E-state index in [1.807, 2.05) is 0 Å². The van der Waals surface area contributed by atoms with Gasteiger partial charge < -0.3 is 10.2 Å². The van der Waals surface area contributed by atoms with E-state index >= 15 is 0 Å². The number of hydrogen-bond donors (Lipinski definition) is 1. The zero-order valence-corrected chi connectivity index (χ0v) is 12.0. The molecule has 86 valence electrons. The minimum absolute atomic E-state index is 0.627. The molecule has 2 nitrogen and oxygen atoms in total. The molecule has 0 aliphatic carbocycles. The fourth-order valence-corrected chi connectivity index (χ4v) is 2.62. The third kappa shape index (κ3) is 5.11. The van der Waals surface area contributed by atoms with Crippen LogP contribution in [0.5, 0.6) is 0 Å². The van der Waals surface area contributed by atoms with Gasteiger partial charge in [0.1, 0.15) is 0 Å². The summed E-state index contributed by atoms with van der Waals surface area (Å²) in [6.45, 7) is 7.56. The predicted molar refractivity (Wildman–Crippen MR) is 71.5 cm³/mol. The van der Waals surface area contributed by atoms with Gasteiger partial charge in [-0.1, -0.05) is 0 Å². The SMILES string of the molecule is CC(C)N(C)CCNCc1ccc(Br)s1. The van der Waals surface area contributed by atoms with Crippen molar-refractivity contribution >= 4 is 27.3 Å². The van der Waals surface area contributed by atoms with Crippen molar-refractivity contribution in [3.8, 4) is 0 Å². The molecule has 1 aromatic rings. The monoisotopic (exact) mass is 290 g/mol. The van der Waals surface area contributed by atoms with Crippen LogP contribution >= 0.6 is 27.3 Å². The number of rotatable bonds is 6. The van der Waals surface area contributed by atoms with Gasteiger partial charge in [-0.05, 0) is 49.0 Å². The lowest BCUT2D eigenvalue weighted by Crippen LogP contribution is -2.33. The maximum Gasteiger partial charge on any atom is 0.0701 e. The highest BCUT2D eigenvalue weighted by Gasteiger charge is 2.02. The number of likely N-dealkylation sites (N-methyl/N-ethyl adjacent to an activating group) is 1. The van der Waals surface area contributed by atoms with Gasteiger partial charge in [0.2, 0.25) is 0 Å². The maximum absolute atomic E-state index is 3.47. The number of nitrogens with one attached hydrogen (secondary N) is 1. The predicted octanol–water partition coefficient (Wildman–Crippen LogP) is 2.94. The molecule has 1 aromatic heterocycles. The molecule has 1 rings (SSSR count). The second-order valence-electron chi connectivity index (χ2n) is 3.96. The van der Waals surface area contributed by atoms with Crippen molar-refractivity contribution < 1.29 is 0 Å². The van der Waals surface area contributed by atoms with Gasteiger partial charge >= 0.3 is 0 Å². The van der Waals surface area contributed by atoms with Gasteiger partial charge in [0.25, 0.3) is 0 Å². The van der Waals surface area contributed by atoms with Crippen LogP contribution in [0.2, 0.25) is 0 Å². The van der Waals surface area contributed by atoms with Gasteiger partial charge in [0.15, 0.2) is 0 Å². The Balaban J connectivity index is 2.12. The number of nitrogens with zero attached hydrogens (tertiary/aromatic N) is 1. The van der Waals surface area contributed by atoms with Crippen molar-refractivity contribution in [3.63, 3.8) is 0 Å². The minimum Gasteiger partial charge on any atom is -0.311 e. The van der Waals surface area contributed by atoms with Crippen molar-refractivity contribution in [2.45, 2.75) is 26.4 Å². The molecule has 0 fully saturated rings. The summed E-state index contributed by atoms with van der Waals surface area (Å²) in [6, 6.07) is 4.89. The summed E-state index contributed by atoms with van der Waals surface area (Å²) in [7, 11) is 2.16. The average molecular weight is 291 g/mol. The second-order valence-corrected chi connectivity index (χ2v) is 6.50. The molecule has 0 bridgehead atoms. The van der Waals surface area contributed by atoms with Crippen LogP contribution in [-0.4, -0.2) is 31.1 Å². The number of hydrogen-bond acceptors (Lipinski definition) is 3. The van der Waals surface area contributed by atoms with Crippen molar-refractivity contribution in [2.75, 3.05) is 20.1 Å². The van der Waals surface area contributed by atoms with Crippen LogP contribution in [0.4, 0.5) is 0 Å². The van der Waals surface area contributed by atoms with Crippen molar-refractivity contribution in [3.05, 3.63) is 20.8 Å².